The van der Waals surface area contributed by atoms with Gasteiger partial charge in [-0.2, -0.15) is 0 Å². The zero-order valence-corrected chi connectivity index (χ0v) is 14.5. The first-order chi connectivity index (χ1) is 13.2. The topological polar surface area (TPSA) is 83.1 Å². The third-order valence-electron chi connectivity index (χ3n) is 4.39. The van der Waals surface area contributed by atoms with Gasteiger partial charge in [-0.25, -0.2) is 0 Å². The first-order valence-corrected chi connectivity index (χ1v) is 8.69. The van der Waals surface area contributed by atoms with Gasteiger partial charge in [-0.3, -0.25) is 14.6 Å². The van der Waals surface area contributed by atoms with Crippen LogP contribution in [-0.2, 0) is 6.42 Å². The molecule has 0 radical (unpaired) electrons. The standard InChI is InChI=1S/C21H18N4O2/c26-20(23-11-9-14-4-3-10-22-13-14)15-7-8-18-19(12-15)25-21(27)16-5-1-2-6-17(16)24-18/h1-8,10,12-13,24H,9,11H2,(H,23,26)(H,25,27). The number of fused-ring (bicyclic) bond motifs is 2. The van der Waals surface area contributed by atoms with Gasteiger partial charge in [0.25, 0.3) is 11.8 Å². The number of carbonyl (C=O) groups is 2. The molecule has 6 heteroatoms. The summed E-state index contributed by atoms with van der Waals surface area (Å²) in [6, 6.07) is 16.4. The highest BCUT2D eigenvalue weighted by atomic mass is 16.2. The number of para-hydroxylation sites is 1. The lowest BCUT2D eigenvalue weighted by atomic mass is 10.1. The Morgan fingerprint density at radius 1 is 0.963 bits per heavy atom. The van der Waals surface area contributed by atoms with Gasteiger partial charge in [0.05, 0.1) is 22.6 Å². The summed E-state index contributed by atoms with van der Waals surface area (Å²) in [5.41, 5.74) is 4.19. The van der Waals surface area contributed by atoms with Crippen LogP contribution in [-0.4, -0.2) is 23.3 Å². The number of rotatable bonds is 4. The molecule has 0 spiro atoms. The summed E-state index contributed by atoms with van der Waals surface area (Å²) in [4.78, 5) is 28.9. The van der Waals surface area contributed by atoms with Crippen LogP contribution in [0.2, 0.25) is 0 Å². The number of pyridine rings is 1. The van der Waals surface area contributed by atoms with Crippen LogP contribution in [0.3, 0.4) is 0 Å². The Bertz CT molecular complexity index is 1000. The Morgan fingerprint density at radius 2 is 1.85 bits per heavy atom. The Hall–Kier alpha value is -3.67. The van der Waals surface area contributed by atoms with Crippen molar-refractivity contribution >= 4 is 28.9 Å². The van der Waals surface area contributed by atoms with E-state index in [9.17, 15) is 9.59 Å². The second-order valence-electron chi connectivity index (χ2n) is 6.25. The first kappa shape index (κ1) is 16.8. The van der Waals surface area contributed by atoms with Crippen LogP contribution in [0.25, 0.3) is 0 Å². The quantitative estimate of drug-likeness (QED) is 0.668. The van der Waals surface area contributed by atoms with Gasteiger partial charge in [0, 0.05) is 24.5 Å². The van der Waals surface area contributed by atoms with Gasteiger partial charge in [-0.1, -0.05) is 18.2 Å². The van der Waals surface area contributed by atoms with E-state index < -0.39 is 0 Å². The zero-order chi connectivity index (χ0) is 18.6. The van der Waals surface area contributed by atoms with Gasteiger partial charge in [-0.15, -0.1) is 0 Å². The number of amides is 2. The maximum Gasteiger partial charge on any atom is 0.257 e. The van der Waals surface area contributed by atoms with E-state index in [0.29, 0.717) is 29.8 Å². The smallest absolute Gasteiger partial charge is 0.257 e. The normalized spacial score (nSPS) is 12.1. The van der Waals surface area contributed by atoms with E-state index in [1.165, 1.54) is 0 Å². The SMILES string of the molecule is O=C(NCCc1cccnc1)c1ccc2c(c1)NC(=O)c1ccccc1N2. The number of carbonyl (C=O) groups excluding carboxylic acids is 2. The lowest BCUT2D eigenvalue weighted by molar-refractivity contribution is 0.0952. The van der Waals surface area contributed by atoms with Gasteiger partial charge in [0.1, 0.15) is 0 Å². The number of nitrogens with zero attached hydrogens (tertiary/aromatic N) is 1. The number of hydrogen-bond donors (Lipinski definition) is 3. The highest BCUT2D eigenvalue weighted by Crippen LogP contribution is 2.32. The molecule has 2 aromatic carbocycles. The predicted octanol–water partition coefficient (Wildman–Crippen LogP) is 3.36. The first-order valence-electron chi connectivity index (χ1n) is 8.69. The summed E-state index contributed by atoms with van der Waals surface area (Å²) in [6.45, 7) is 0.512. The molecule has 27 heavy (non-hydrogen) atoms. The summed E-state index contributed by atoms with van der Waals surface area (Å²) in [7, 11) is 0. The highest BCUT2D eigenvalue weighted by Gasteiger charge is 2.19. The molecule has 0 aliphatic carbocycles. The predicted molar refractivity (Wildman–Crippen MR) is 104 cm³/mol. The van der Waals surface area contributed by atoms with Gasteiger partial charge < -0.3 is 16.0 Å². The van der Waals surface area contributed by atoms with Crippen LogP contribution in [0.15, 0.2) is 67.0 Å². The molecule has 0 unspecified atom stereocenters. The van der Waals surface area contributed by atoms with Crippen molar-refractivity contribution in [2.45, 2.75) is 6.42 Å². The molecular formula is C21H18N4O2. The molecule has 0 saturated heterocycles. The molecular weight excluding hydrogens is 340 g/mol. The Balaban J connectivity index is 1.47. The van der Waals surface area contributed by atoms with Gasteiger partial charge >= 0.3 is 0 Å². The minimum absolute atomic E-state index is 0.183. The lowest BCUT2D eigenvalue weighted by Gasteiger charge is -2.11. The third-order valence-corrected chi connectivity index (χ3v) is 4.39. The highest BCUT2D eigenvalue weighted by molar-refractivity contribution is 6.12. The Labute approximate surface area is 156 Å². The summed E-state index contributed by atoms with van der Waals surface area (Å²) < 4.78 is 0. The Kier molecular flexibility index (Phi) is 4.53. The van der Waals surface area contributed by atoms with Crippen molar-refractivity contribution in [1.29, 1.82) is 0 Å². The van der Waals surface area contributed by atoms with Crippen LogP contribution in [0.5, 0.6) is 0 Å². The van der Waals surface area contributed by atoms with E-state index >= 15 is 0 Å². The van der Waals surface area contributed by atoms with E-state index in [0.717, 1.165) is 16.9 Å². The third kappa shape index (κ3) is 3.64. The molecule has 0 saturated carbocycles. The van der Waals surface area contributed by atoms with Crippen molar-refractivity contribution in [3.63, 3.8) is 0 Å². The van der Waals surface area contributed by atoms with Gasteiger partial charge in [0.15, 0.2) is 0 Å². The number of aromatic nitrogens is 1. The monoisotopic (exact) mass is 358 g/mol. The summed E-state index contributed by atoms with van der Waals surface area (Å²) in [6.07, 6.45) is 4.21. The molecule has 1 aromatic heterocycles. The van der Waals surface area contributed by atoms with Gasteiger partial charge in [0.2, 0.25) is 0 Å². The molecule has 1 aliphatic rings. The average molecular weight is 358 g/mol. The number of anilines is 3. The maximum atomic E-state index is 12.4. The maximum absolute atomic E-state index is 12.4. The fraction of sp³-hybridized carbons (Fsp3) is 0.0952. The number of hydrogen-bond acceptors (Lipinski definition) is 4. The van der Waals surface area contributed by atoms with E-state index in [1.54, 1.807) is 36.7 Å². The Morgan fingerprint density at radius 3 is 2.70 bits per heavy atom. The summed E-state index contributed by atoms with van der Waals surface area (Å²) in [5.74, 6) is -0.385. The summed E-state index contributed by atoms with van der Waals surface area (Å²) in [5, 5.41) is 9.01. The lowest BCUT2D eigenvalue weighted by Crippen LogP contribution is -2.25. The zero-order valence-electron chi connectivity index (χ0n) is 14.5. The molecule has 0 fully saturated rings. The van der Waals surface area contributed by atoms with Crippen molar-refractivity contribution in [3.05, 3.63) is 83.7 Å². The molecule has 2 amide bonds. The van der Waals surface area contributed by atoms with E-state index in [4.69, 9.17) is 0 Å². The number of benzene rings is 2. The second-order valence-corrected chi connectivity index (χ2v) is 6.25. The molecule has 3 N–H and O–H groups in total. The molecule has 0 atom stereocenters. The molecule has 0 bridgehead atoms. The number of nitrogens with one attached hydrogen (secondary N) is 3. The van der Waals surface area contributed by atoms with Crippen molar-refractivity contribution < 1.29 is 9.59 Å². The van der Waals surface area contributed by atoms with Crippen LogP contribution >= 0.6 is 0 Å². The molecule has 3 aromatic rings. The fourth-order valence-corrected chi connectivity index (χ4v) is 2.99. The van der Waals surface area contributed by atoms with Crippen LogP contribution < -0.4 is 16.0 Å². The van der Waals surface area contributed by atoms with E-state index in [2.05, 4.69) is 20.9 Å². The van der Waals surface area contributed by atoms with E-state index in [-0.39, 0.29) is 11.8 Å². The van der Waals surface area contributed by atoms with Crippen LogP contribution in [0.1, 0.15) is 26.3 Å². The van der Waals surface area contributed by atoms with Crippen molar-refractivity contribution in [2.24, 2.45) is 0 Å². The molecule has 2 heterocycles. The van der Waals surface area contributed by atoms with Crippen LogP contribution in [0, 0.1) is 0 Å². The molecule has 4 rings (SSSR count). The second kappa shape index (κ2) is 7.29. The van der Waals surface area contributed by atoms with E-state index in [1.807, 2.05) is 30.3 Å². The molecule has 6 nitrogen and oxygen atoms in total. The minimum atomic E-state index is -0.203. The average Bonchev–Trinajstić information content (AvgIpc) is 2.84. The fourth-order valence-electron chi connectivity index (χ4n) is 2.99. The van der Waals surface area contributed by atoms with Crippen molar-refractivity contribution in [1.82, 2.24) is 10.3 Å². The van der Waals surface area contributed by atoms with Crippen molar-refractivity contribution in [2.75, 3.05) is 17.2 Å². The van der Waals surface area contributed by atoms with Crippen molar-refractivity contribution in [3.8, 4) is 0 Å². The van der Waals surface area contributed by atoms with Gasteiger partial charge in [-0.05, 0) is 48.4 Å². The van der Waals surface area contributed by atoms with Crippen LogP contribution in [0.4, 0.5) is 17.1 Å². The molecule has 1 aliphatic heterocycles. The minimum Gasteiger partial charge on any atom is -0.353 e. The summed E-state index contributed by atoms with van der Waals surface area (Å²) >= 11 is 0. The molecule has 134 valence electrons. The largest absolute Gasteiger partial charge is 0.353 e.